The Morgan fingerprint density at radius 1 is 1.19 bits per heavy atom. The molecule has 0 saturated carbocycles. The topological polar surface area (TPSA) is 123 Å². The van der Waals surface area contributed by atoms with Crippen LogP contribution in [-0.2, 0) is 14.8 Å². The number of hydrogen-bond donors (Lipinski definition) is 2. The molecule has 0 radical (unpaired) electrons. The molecule has 0 spiro atoms. The van der Waals surface area contributed by atoms with Crippen LogP contribution in [0.1, 0.15) is 18.4 Å². The maximum absolute atomic E-state index is 13.0. The second-order valence-corrected chi connectivity index (χ2v) is 8.89. The molecular weight excluding hydrogens is 444 g/mol. The summed E-state index contributed by atoms with van der Waals surface area (Å²) < 4.78 is 38.3. The number of aryl methyl sites for hydroxylation is 2. The molecule has 1 amide bonds. The van der Waals surface area contributed by atoms with Gasteiger partial charge < -0.3 is 14.6 Å². The fourth-order valence-electron chi connectivity index (χ4n) is 2.79. The van der Waals surface area contributed by atoms with Crippen molar-refractivity contribution in [3.8, 4) is 17.1 Å². The summed E-state index contributed by atoms with van der Waals surface area (Å²) in [5, 5.41) is 6.75. The van der Waals surface area contributed by atoms with E-state index < -0.39 is 22.0 Å². The minimum absolute atomic E-state index is 0.0135. The maximum atomic E-state index is 13.0. The molecule has 1 atom stereocenters. The van der Waals surface area contributed by atoms with Gasteiger partial charge in [0.05, 0.1) is 23.1 Å². The van der Waals surface area contributed by atoms with E-state index in [1.165, 1.54) is 26.2 Å². The van der Waals surface area contributed by atoms with E-state index in [0.29, 0.717) is 33.5 Å². The number of halogens is 1. The second kappa shape index (κ2) is 9.04. The molecule has 9 nitrogen and oxygen atoms in total. The maximum Gasteiger partial charge on any atom is 0.242 e. The molecule has 0 saturated heterocycles. The first kappa shape index (κ1) is 22.7. The van der Waals surface area contributed by atoms with Crippen molar-refractivity contribution in [2.75, 3.05) is 12.4 Å². The van der Waals surface area contributed by atoms with Crippen LogP contribution in [0, 0.1) is 13.8 Å². The average molecular weight is 465 g/mol. The number of amides is 1. The van der Waals surface area contributed by atoms with E-state index in [9.17, 15) is 13.2 Å². The van der Waals surface area contributed by atoms with Crippen LogP contribution in [0.4, 0.5) is 5.69 Å². The molecule has 2 aromatic carbocycles. The van der Waals surface area contributed by atoms with Crippen LogP contribution in [0.15, 0.2) is 45.8 Å². The molecular formula is C20H21ClN4O5S. The number of nitrogens with one attached hydrogen (secondary N) is 2. The molecule has 164 valence electrons. The predicted octanol–water partition coefficient (Wildman–Crippen LogP) is 3.32. The second-order valence-electron chi connectivity index (χ2n) is 6.80. The van der Waals surface area contributed by atoms with Crippen molar-refractivity contribution in [3.05, 3.63) is 52.9 Å². The number of aromatic nitrogens is 2. The van der Waals surface area contributed by atoms with Gasteiger partial charge in [0, 0.05) is 18.2 Å². The molecule has 1 heterocycles. The number of carbonyl (C=O) groups is 1. The predicted molar refractivity (Wildman–Crippen MR) is 116 cm³/mol. The van der Waals surface area contributed by atoms with Crippen LogP contribution in [0.3, 0.4) is 0 Å². The van der Waals surface area contributed by atoms with Crippen molar-refractivity contribution in [2.45, 2.75) is 31.7 Å². The Balaban J connectivity index is 1.78. The zero-order valence-corrected chi connectivity index (χ0v) is 18.8. The zero-order chi connectivity index (χ0) is 22.8. The number of hydrogen-bond acceptors (Lipinski definition) is 7. The minimum atomic E-state index is -4.01. The molecule has 0 fully saturated rings. The molecule has 0 aliphatic carbocycles. The van der Waals surface area contributed by atoms with Gasteiger partial charge in [-0.05, 0) is 43.7 Å². The number of carbonyl (C=O) groups excluding carboxylic acids is 1. The lowest BCUT2D eigenvalue weighted by atomic mass is 10.1. The highest BCUT2D eigenvalue weighted by Crippen LogP contribution is 2.27. The number of benzene rings is 2. The average Bonchev–Trinajstić information content (AvgIpc) is 3.14. The SMILES string of the molecule is COc1ccc(NC(=O)[C@H](C)NS(=O)(=O)c2cc(-c3noc(C)n3)ccc2C)cc1Cl. The van der Waals surface area contributed by atoms with Crippen LogP contribution >= 0.6 is 11.6 Å². The highest BCUT2D eigenvalue weighted by Gasteiger charge is 2.24. The third kappa shape index (κ3) is 5.22. The fourth-order valence-corrected chi connectivity index (χ4v) is 4.52. The minimum Gasteiger partial charge on any atom is -0.495 e. The molecule has 2 N–H and O–H groups in total. The number of nitrogens with zero attached hydrogens (tertiary/aromatic N) is 2. The molecule has 3 aromatic rings. The highest BCUT2D eigenvalue weighted by atomic mass is 35.5. The lowest BCUT2D eigenvalue weighted by Gasteiger charge is -2.16. The summed E-state index contributed by atoms with van der Waals surface area (Å²) in [7, 11) is -2.53. The van der Waals surface area contributed by atoms with Gasteiger partial charge in [-0.25, -0.2) is 8.42 Å². The van der Waals surface area contributed by atoms with Crippen LogP contribution in [0.5, 0.6) is 5.75 Å². The molecule has 0 aliphatic heterocycles. The molecule has 31 heavy (non-hydrogen) atoms. The van der Waals surface area contributed by atoms with Gasteiger partial charge in [0.15, 0.2) is 0 Å². The summed E-state index contributed by atoms with van der Waals surface area (Å²) in [4.78, 5) is 16.6. The third-order valence-corrected chi connectivity index (χ3v) is 6.39. The van der Waals surface area contributed by atoms with Gasteiger partial charge in [-0.15, -0.1) is 0 Å². The lowest BCUT2D eigenvalue weighted by molar-refractivity contribution is -0.117. The molecule has 0 aliphatic rings. The molecule has 3 rings (SSSR count). The Morgan fingerprint density at radius 2 is 1.94 bits per heavy atom. The smallest absolute Gasteiger partial charge is 0.242 e. The standard InChI is InChI=1S/C20H21ClN4O5S/c1-11-5-6-14(19-22-13(3)30-24-19)9-18(11)31(27,28)25-12(2)20(26)23-15-7-8-17(29-4)16(21)10-15/h5-10,12,25H,1-4H3,(H,23,26)/t12-/m0/s1. The van der Waals surface area contributed by atoms with Gasteiger partial charge in [-0.3, -0.25) is 4.79 Å². The zero-order valence-electron chi connectivity index (χ0n) is 17.3. The van der Waals surface area contributed by atoms with Crippen molar-refractivity contribution in [2.24, 2.45) is 0 Å². The molecule has 0 unspecified atom stereocenters. The number of anilines is 1. The summed E-state index contributed by atoms with van der Waals surface area (Å²) in [6.45, 7) is 4.74. The van der Waals surface area contributed by atoms with E-state index in [0.717, 1.165) is 0 Å². The van der Waals surface area contributed by atoms with E-state index in [1.807, 2.05) is 0 Å². The molecule has 1 aromatic heterocycles. The summed E-state index contributed by atoms with van der Waals surface area (Å²) in [6.07, 6.45) is 0. The Morgan fingerprint density at radius 3 is 2.55 bits per heavy atom. The van der Waals surface area contributed by atoms with Crippen LogP contribution < -0.4 is 14.8 Å². The Bertz CT molecular complexity index is 1230. The van der Waals surface area contributed by atoms with Gasteiger partial charge in [-0.2, -0.15) is 9.71 Å². The first-order valence-corrected chi connectivity index (χ1v) is 11.0. The van der Waals surface area contributed by atoms with Gasteiger partial charge in [-0.1, -0.05) is 28.9 Å². The lowest BCUT2D eigenvalue weighted by Crippen LogP contribution is -2.41. The fraction of sp³-hybridized carbons (Fsp3) is 0.250. The van der Waals surface area contributed by atoms with Crippen molar-refractivity contribution in [1.29, 1.82) is 0 Å². The largest absolute Gasteiger partial charge is 0.495 e. The van der Waals surface area contributed by atoms with Gasteiger partial charge in [0.25, 0.3) is 0 Å². The van der Waals surface area contributed by atoms with Crippen LogP contribution in [0.25, 0.3) is 11.4 Å². The number of rotatable bonds is 7. The summed E-state index contributed by atoms with van der Waals surface area (Å²) in [5.41, 5.74) is 1.39. The van der Waals surface area contributed by atoms with E-state index in [-0.39, 0.29) is 10.7 Å². The van der Waals surface area contributed by atoms with Crippen molar-refractivity contribution >= 4 is 33.2 Å². The summed E-state index contributed by atoms with van der Waals surface area (Å²) in [6, 6.07) is 8.44. The highest BCUT2D eigenvalue weighted by molar-refractivity contribution is 7.89. The van der Waals surface area contributed by atoms with Crippen molar-refractivity contribution < 1.29 is 22.5 Å². The van der Waals surface area contributed by atoms with Gasteiger partial charge >= 0.3 is 0 Å². The summed E-state index contributed by atoms with van der Waals surface area (Å²) in [5.74, 6) is 0.547. The molecule has 11 heteroatoms. The Kier molecular flexibility index (Phi) is 6.63. The van der Waals surface area contributed by atoms with E-state index in [4.69, 9.17) is 20.9 Å². The van der Waals surface area contributed by atoms with Crippen LogP contribution in [0.2, 0.25) is 5.02 Å². The van der Waals surface area contributed by atoms with E-state index >= 15 is 0 Å². The van der Waals surface area contributed by atoms with Crippen molar-refractivity contribution in [3.63, 3.8) is 0 Å². The number of sulfonamides is 1. The van der Waals surface area contributed by atoms with E-state index in [1.54, 1.807) is 38.1 Å². The quantitative estimate of drug-likeness (QED) is 0.549. The van der Waals surface area contributed by atoms with Crippen LogP contribution in [-0.4, -0.2) is 37.6 Å². The monoisotopic (exact) mass is 464 g/mol. The number of ether oxygens (including phenoxy) is 1. The normalized spacial score (nSPS) is 12.4. The van der Waals surface area contributed by atoms with Gasteiger partial charge in [0.1, 0.15) is 5.75 Å². The summed E-state index contributed by atoms with van der Waals surface area (Å²) >= 11 is 6.06. The first-order chi connectivity index (χ1) is 14.6. The number of methoxy groups -OCH3 is 1. The Labute approximate surface area is 184 Å². The van der Waals surface area contributed by atoms with Gasteiger partial charge in [0.2, 0.25) is 27.6 Å². The molecule has 0 bridgehead atoms. The third-order valence-electron chi connectivity index (χ3n) is 4.41. The van der Waals surface area contributed by atoms with Crippen molar-refractivity contribution in [1.82, 2.24) is 14.9 Å². The Hall–Kier alpha value is -2.95. The first-order valence-electron chi connectivity index (χ1n) is 9.19. The van der Waals surface area contributed by atoms with E-state index in [2.05, 4.69) is 20.2 Å².